The molecule has 4 heterocycles. The average Bonchev–Trinajstić information content (AvgIpc) is 3.29. The van der Waals surface area contributed by atoms with Crippen LogP contribution in [0.5, 0.6) is 0 Å². The highest BCUT2D eigenvalue weighted by Gasteiger charge is 2.39. The maximum atomic E-state index is 14.2. The van der Waals surface area contributed by atoms with Gasteiger partial charge in [-0.15, -0.1) is 0 Å². The molecule has 0 N–H and O–H groups in total. The Balaban J connectivity index is 1.49. The number of hydrogen-bond donors (Lipinski definition) is 0. The monoisotopic (exact) mass is 548 g/mol. The Hall–Kier alpha value is -3.45. The zero-order valence-corrected chi connectivity index (χ0v) is 24.3. The first kappa shape index (κ1) is 27.1. The minimum atomic E-state index is -0.506. The van der Waals surface area contributed by atoms with E-state index in [1.165, 1.54) is 12.1 Å². The fraction of sp³-hybridized carbons (Fsp3) is 0.387. The van der Waals surface area contributed by atoms with E-state index in [-0.39, 0.29) is 22.1 Å². The number of carbonyl (C=O) groups excluding carboxylic acids is 1. The summed E-state index contributed by atoms with van der Waals surface area (Å²) in [6.45, 7) is 16.3. The standard InChI is InChI=1S/C31H34ClFN4O2/c1-18-8-11-27(34-19(18)2)36-12-13-37(31(6,7)17-36)29(38)26-16-25-28(39-26)21(30(3,4)5)15-24(35-25)20-9-10-22(32)23(33)14-20/h8-11,14-16H,12-13,17H2,1-7H3. The number of aryl methyl sites for hydroxylation is 2. The van der Waals surface area contributed by atoms with Crippen LogP contribution in [0, 0.1) is 19.7 Å². The number of nitrogens with zero attached hydrogens (tertiary/aromatic N) is 4. The molecule has 0 bridgehead atoms. The topological polar surface area (TPSA) is 62.5 Å². The number of piperazine rings is 1. The van der Waals surface area contributed by atoms with Crippen molar-refractivity contribution in [2.24, 2.45) is 0 Å². The van der Waals surface area contributed by atoms with Crippen molar-refractivity contribution in [2.45, 2.75) is 59.4 Å². The van der Waals surface area contributed by atoms with E-state index in [4.69, 9.17) is 26.0 Å². The highest BCUT2D eigenvalue weighted by atomic mass is 35.5. The summed E-state index contributed by atoms with van der Waals surface area (Å²) in [6.07, 6.45) is 0. The zero-order valence-electron chi connectivity index (χ0n) is 23.5. The molecule has 0 atom stereocenters. The summed E-state index contributed by atoms with van der Waals surface area (Å²) in [5.74, 6) is 0.485. The number of carbonyl (C=O) groups is 1. The van der Waals surface area contributed by atoms with Crippen LogP contribution in [0.2, 0.25) is 5.02 Å². The SMILES string of the molecule is Cc1ccc(N2CCN(C(=O)c3cc4nc(-c5ccc(Cl)c(F)c5)cc(C(C)(C)C)c4o3)C(C)(C)C2)nc1C. The molecule has 3 aromatic heterocycles. The van der Waals surface area contributed by atoms with Crippen LogP contribution in [0.4, 0.5) is 10.2 Å². The van der Waals surface area contributed by atoms with Crippen molar-refractivity contribution in [3.05, 3.63) is 75.9 Å². The number of hydrogen-bond acceptors (Lipinski definition) is 5. The number of benzene rings is 1. The summed E-state index contributed by atoms with van der Waals surface area (Å²) in [7, 11) is 0. The second-order valence-corrected chi connectivity index (χ2v) is 12.4. The molecule has 0 spiro atoms. The van der Waals surface area contributed by atoms with Crippen molar-refractivity contribution >= 4 is 34.4 Å². The van der Waals surface area contributed by atoms with Crippen LogP contribution in [0.3, 0.4) is 0 Å². The third-order valence-electron chi connectivity index (χ3n) is 7.52. The van der Waals surface area contributed by atoms with E-state index >= 15 is 0 Å². The largest absolute Gasteiger partial charge is 0.449 e. The van der Waals surface area contributed by atoms with E-state index in [9.17, 15) is 9.18 Å². The van der Waals surface area contributed by atoms with Crippen molar-refractivity contribution < 1.29 is 13.6 Å². The first-order valence-electron chi connectivity index (χ1n) is 13.2. The molecule has 8 heteroatoms. The Morgan fingerprint density at radius 3 is 2.44 bits per heavy atom. The molecule has 1 aliphatic heterocycles. The van der Waals surface area contributed by atoms with E-state index in [1.807, 2.05) is 24.0 Å². The Kier molecular flexibility index (Phi) is 6.70. The Morgan fingerprint density at radius 2 is 1.79 bits per heavy atom. The van der Waals surface area contributed by atoms with E-state index < -0.39 is 11.4 Å². The molecule has 6 nitrogen and oxygen atoms in total. The quantitative estimate of drug-likeness (QED) is 0.268. The highest BCUT2D eigenvalue weighted by Crippen LogP contribution is 2.36. The van der Waals surface area contributed by atoms with Crippen LogP contribution >= 0.6 is 11.6 Å². The summed E-state index contributed by atoms with van der Waals surface area (Å²) in [4.78, 5) is 27.4. The number of fused-ring (bicyclic) bond motifs is 1. The molecule has 5 rings (SSSR count). The van der Waals surface area contributed by atoms with Gasteiger partial charge in [0.1, 0.15) is 17.2 Å². The lowest BCUT2D eigenvalue weighted by atomic mass is 9.86. The smallest absolute Gasteiger partial charge is 0.290 e. The van der Waals surface area contributed by atoms with Gasteiger partial charge in [-0.25, -0.2) is 14.4 Å². The number of furan rings is 1. The first-order valence-corrected chi connectivity index (χ1v) is 13.5. The highest BCUT2D eigenvalue weighted by molar-refractivity contribution is 6.30. The summed E-state index contributed by atoms with van der Waals surface area (Å²) >= 11 is 5.90. The van der Waals surface area contributed by atoms with Gasteiger partial charge in [-0.1, -0.05) is 44.5 Å². The third-order valence-corrected chi connectivity index (χ3v) is 7.83. The lowest BCUT2D eigenvalue weighted by molar-refractivity contribution is 0.0483. The van der Waals surface area contributed by atoms with Crippen molar-refractivity contribution in [3.8, 4) is 11.3 Å². The van der Waals surface area contributed by atoms with Gasteiger partial charge in [0.2, 0.25) is 0 Å². The van der Waals surface area contributed by atoms with Crippen molar-refractivity contribution in [2.75, 3.05) is 24.5 Å². The maximum Gasteiger partial charge on any atom is 0.290 e. The third kappa shape index (κ3) is 5.12. The number of halogens is 2. The molecule has 1 saturated heterocycles. The van der Waals surface area contributed by atoms with Gasteiger partial charge in [0.05, 0.1) is 16.3 Å². The molecule has 0 aliphatic carbocycles. The molecule has 1 aromatic carbocycles. The van der Waals surface area contributed by atoms with Gasteiger partial charge >= 0.3 is 0 Å². The molecule has 1 amide bonds. The minimum absolute atomic E-state index is 0.0584. The van der Waals surface area contributed by atoms with E-state index in [0.29, 0.717) is 42.0 Å². The number of amides is 1. The van der Waals surface area contributed by atoms with Crippen LogP contribution < -0.4 is 4.90 Å². The number of aromatic nitrogens is 2. The van der Waals surface area contributed by atoms with Crippen molar-refractivity contribution in [1.82, 2.24) is 14.9 Å². The van der Waals surface area contributed by atoms with Crippen LogP contribution in [0.15, 0.2) is 46.9 Å². The zero-order chi connectivity index (χ0) is 28.3. The fourth-order valence-electron chi connectivity index (χ4n) is 5.14. The van der Waals surface area contributed by atoms with E-state index in [1.54, 1.807) is 12.1 Å². The van der Waals surface area contributed by atoms with Gasteiger partial charge < -0.3 is 14.2 Å². The lowest BCUT2D eigenvalue weighted by Crippen LogP contribution is -2.61. The molecule has 1 aliphatic rings. The Morgan fingerprint density at radius 1 is 1.05 bits per heavy atom. The number of pyridine rings is 2. The number of rotatable bonds is 3. The summed E-state index contributed by atoms with van der Waals surface area (Å²) in [5.41, 5.74) is 4.63. The molecular formula is C31H34ClFN4O2. The molecule has 0 saturated carbocycles. The van der Waals surface area contributed by atoms with Crippen molar-refractivity contribution in [3.63, 3.8) is 0 Å². The van der Waals surface area contributed by atoms with E-state index in [2.05, 4.69) is 52.5 Å². The summed E-state index contributed by atoms with van der Waals surface area (Å²) in [5, 5.41) is 0.0584. The maximum absolute atomic E-state index is 14.2. The molecule has 0 radical (unpaired) electrons. The minimum Gasteiger partial charge on any atom is -0.449 e. The molecule has 1 fully saturated rings. The van der Waals surface area contributed by atoms with Gasteiger partial charge in [0.15, 0.2) is 11.3 Å². The summed E-state index contributed by atoms with van der Waals surface area (Å²) in [6, 6.07) is 12.4. The van der Waals surface area contributed by atoms with Gasteiger partial charge in [-0.3, -0.25) is 4.79 Å². The molecule has 204 valence electrons. The fourth-order valence-corrected chi connectivity index (χ4v) is 5.26. The molecule has 4 aromatic rings. The molecule has 0 unspecified atom stereocenters. The Labute approximate surface area is 233 Å². The van der Waals surface area contributed by atoms with Gasteiger partial charge in [-0.05, 0) is 62.9 Å². The van der Waals surface area contributed by atoms with Crippen molar-refractivity contribution in [1.29, 1.82) is 0 Å². The molecule has 39 heavy (non-hydrogen) atoms. The van der Waals surface area contributed by atoms with E-state index in [0.717, 1.165) is 22.6 Å². The first-order chi connectivity index (χ1) is 18.2. The second kappa shape index (κ2) is 9.63. The van der Waals surface area contributed by atoms with Crippen LogP contribution in [0.25, 0.3) is 22.4 Å². The van der Waals surface area contributed by atoms with Gasteiger partial charge in [-0.2, -0.15) is 0 Å². The average molecular weight is 549 g/mol. The van der Waals surface area contributed by atoms with Crippen LogP contribution in [0.1, 0.15) is 62.0 Å². The van der Waals surface area contributed by atoms with Gasteiger partial charge in [0.25, 0.3) is 5.91 Å². The predicted octanol–water partition coefficient (Wildman–Crippen LogP) is 7.34. The Bertz CT molecular complexity index is 1590. The lowest BCUT2D eigenvalue weighted by Gasteiger charge is -2.47. The van der Waals surface area contributed by atoms with Crippen LogP contribution in [-0.4, -0.2) is 45.9 Å². The van der Waals surface area contributed by atoms with Gasteiger partial charge in [0, 0.05) is 42.5 Å². The predicted molar refractivity (Wildman–Crippen MR) is 154 cm³/mol. The second-order valence-electron chi connectivity index (χ2n) is 12.0. The number of anilines is 1. The molecular weight excluding hydrogens is 515 g/mol. The van der Waals surface area contributed by atoms with Crippen LogP contribution in [-0.2, 0) is 5.41 Å². The normalized spacial score (nSPS) is 15.7. The summed E-state index contributed by atoms with van der Waals surface area (Å²) < 4.78 is 20.5.